The average Bonchev–Trinajstić information content (AvgIpc) is 3.23. The molecule has 1 aliphatic carbocycles. The van der Waals surface area contributed by atoms with Gasteiger partial charge in [-0.1, -0.05) is 23.4 Å². The Bertz CT molecular complexity index is 899. The van der Waals surface area contributed by atoms with E-state index in [-0.39, 0.29) is 5.56 Å². The molecule has 1 heterocycles. The molecule has 1 N–H and O–H groups in total. The minimum atomic E-state index is -0.953. The van der Waals surface area contributed by atoms with Crippen LogP contribution in [0, 0.1) is 0 Å². The van der Waals surface area contributed by atoms with Crippen molar-refractivity contribution in [2.24, 2.45) is 0 Å². The molecule has 5 heteroatoms. The number of aromatic nitrogens is 3. The highest BCUT2D eigenvalue weighted by molar-refractivity contribution is 5.88. The summed E-state index contributed by atoms with van der Waals surface area (Å²) in [6.07, 6.45) is 5.17. The van der Waals surface area contributed by atoms with Gasteiger partial charge in [0.15, 0.2) is 0 Å². The lowest BCUT2D eigenvalue weighted by Crippen LogP contribution is -2.03. The lowest BCUT2D eigenvalue weighted by atomic mass is 10.0. The molecular weight excluding hydrogens is 290 g/mol. The van der Waals surface area contributed by atoms with Crippen molar-refractivity contribution in [2.45, 2.75) is 19.3 Å². The third-order valence-corrected chi connectivity index (χ3v) is 4.28. The van der Waals surface area contributed by atoms with Crippen molar-refractivity contribution in [1.82, 2.24) is 15.0 Å². The van der Waals surface area contributed by atoms with Gasteiger partial charge in [-0.25, -0.2) is 9.48 Å². The van der Waals surface area contributed by atoms with E-state index < -0.39 is 5.97 Å². The maximum absolute atomic E-state index is 11.2. The molecular formula is C18H15N3O2. The summed E-state index contributed by atoms with van der Waals surface area (Å²) in [6, 6.07) is 13.2. The van der Waals surface area contributed by atoms with E-state index in [1.165, 1.54) is 17.5 Å². The molecule has 114 valence electrons. The molecule has 0 amide bonds. The van der Waals surface area contributed by atoms with Crippen LogP contribution in [-0.4, -0.2) is 26.1 Å². The Hall–Kier alpha value is -2.95. The number of fused-ring (bicyclic) bond motifs is 1. The van der Waals surface area contributed by atoms with E-state index in [2.05, 4.69) is 28.5 Å². The fourth-order valence-corrected chi connectivity index (χ4v) is 3.12. The van der Waals surface area contributed by atoms with Crippen LogP contribution < -0.4 is 0 Å². The Morgan fingerprint density at radius 2 is 1.96 bits per heavy atom. The third kappa shape index (κ3) is 2.40. The molecule has 1 aromatic heterocycles. The van der Waals surface area contributed by atoms with Crippen molar-refractivity contribution in [1.29, 1.82) is 0 Å². The second-order valence-electron chi connectivity index (χ2n) is 5.72. The predicted octanol–water partition coefficient (Wildman–Crippen LogP) is 3.12. The number of rotatable bonds is 3. The number of carboxylic acid groups (broad SMARTS) is 1. The largest absolute Gasteiger partial charge is 0.478 e. The van der Waals surface area contributed by atoms with Crippen molar-refractivity contribution < 1.29 is 9.90 Å². The second kappa shape index (κ2) is 5.35. The highest BCUT2D eigenvalue weighted by Gasteiger charge is 2.15. The number of hydrogen-bond donors (Lipinski definition) is 1. The van der Waals surface area contributed by atoms with Gasteiger partial charge in [-0.2, -0.15) is 0 Å². The fourth-order valence-electron chi connectivity index (χ4n) is 3.12. The van der Waals surface area contributed by atoms with Crippen LogP contribution >= 0.6 is 0 Å². The molecule has 0 fully saturated rings. The van der Waals surface area contributed by atoms with Crippen LogP contribution in [0.25, 0.3) is 16.9 Å². The van der Waals surface area contributed by atoms with Crippen LogP contribution in [0.5, 0.6) is 0 Å². The van der Waals surface area contributed by atoms with E-state index in [4.69, 9.17) is 5.11 Å². The number of carboxylic acids is 1. The SMILES string of the molecule is O=C(O)c1cccc(-n2nncc2-c2ccc3c(c2)CCC3)c1. The molecule has 4 rings (SSSR count). The van der Waals surface area contributed by atoms with Crippen LogP contribution in [0.15, 0.2) is 48.7 Å². The number of nitrogens with zero attached hydrogens (tertiary/aromatic N) is 3. The molecule has 0 aliphatic heterocycles. The quantitative estimate of drug-likeness (QED) is 0.807. The molecule has 0 bridgehead atoms. The minimum Gasteiger partial charge on any atom is -0.478 e. The summed E-state index contributed by atoms with van der Waals surface area (Å²) in [4.78, 5) is 11.2. The first-order valence-corrected chi connectivity index (χ1v) is 7.59. The van der Waals surface area contributed by atoms with E-state index in [9.17, 15) is 4.79 Å². The Morgan fingerprint density at radius 1 is 1.09 bits per heavy atom. The first-order chi connectivity index (χ1) is 11.2. The molecule has 0 atom stereocenters. The molecule has 2 aromatic carbocycles. The zero-order chi connectivity index (χ0) is 15.8. The fraction of sp³-hybridized carbons (Fsp3) is 0.167. The predicted molar refractivity (Wildman–Crippen MR) is 85.8 cm³/mol. The van der Waals surface area contributed by atoms with Crippen LogP contribution in [-0.2, 0) is 12.8 Å². The summed E-state index contributed by atoms with van der Waals surface area (Å²) in [5.41, 5.74) is 5.64. The molecule has 5 nitrogen and oxygen atoms in total. The van der Waals surface area contributed by atoms with E-state index in [0.29, 0.717) is 5.69 Å². The summed E-state index contributed by atoms with van der Waals surface area (Å²) in [6.45, 7) is 0. The van der Waals surface area contributed by atoms with Gasteiger partial charge in [0.25, 0.3) is 0 Å². The summed E-state index contributed by atoms with van der Waals surface area (Å²) in [5.74, 6) is -0.953. The number of hydrogen-bond acceptors (Lipinski definition) is 3. The molecule has 0 radical (unpaired) electrons. The summed E-state index contributed by atoms with van der Waals surface area (Å²) >= 11 is 0. The van der Waals surface area contributed by atoms with Gasteiger partial charge in [0, 0.05) is 5.56 Å². The molecule has 0 spiro atoms. The summed E-state index contributed by atoms with van der Waals surface area (Å²) < 4.78 is 1.68. The normalized spacial score (nSPS) is 13.0. The first kappa shape index (κ1) is 13.7. The lowest BCUT2D eigenvalue weighted by molar-refractivity contribution is 0.0697. The van der Waals surface area contributed by atoms with Crippen molar-refractivity contribution in [2.75, 3.05) is 0 Å². The number of aromatic carboxylic acids is 1. The van der Waals surface area contributed by atoms with Gasteiger partial charge in [-0.15, -0.1) is 5.10 Å². The molecule has 0 saturated carbocycles. The van der Waals surface area contributed by atoms with Crippen molar-refractivity contribution >= 4 is 5.97 Å². The zero-order valence-corrected chi connectivity index (χ0v) is 12.4. The van der Waals surface area contributed by atoms with Gasteiger partial charge in [-0.05, 0) is 54.7 Å². The first-order valence-electron chi connectivity index (χ1n) is 7.59. The highest BCUT2D eigenvalue weighted by atomic mass is 16.4. The Balaban J connectivity index is 1.80. The number of carbonyl (C=O) groups is 1. The molecule has 0 unspecified atom stereocenters. The van der Waals surface area contributed by atoms with E-state index in [1.807, 2.05) is 6.07 Å². The van der Waals surface area contributed by atoms with E-state index in [0.717, 1.165) is 24.1 Å². The van der Waals surface area contributed by atoms with Crippen LogP contribution in [0.4, 0.5) is 0 Å². The van der Waals surface area contributed by atoms with Crippen molar-refractivity contribution in [3.05, 3.63) is 65.4 Å². The van der Waals surface area contributed by atoms with Gasteiger partial charge in [0.2, 0.25) is 0 Å². The lowest BCUT2D eigenvalue weighted by Gasteiger charge is -2.08. The van der Waals surface area contributed by atoms with Crippen molar-refractivity contribution in [3.63, 3.8) is 0 Å². The van der Waals surface area contributed by atoms with Gasteiger partial charge < -0.3 is 5.11 Å². The molecule has 0 saturated heterocycles. The maximum atomic E-state index is 11.2. The second-order valence-corrected chi connectivity index (χ2v) is 5.72. The van der Waals surface area contributed by atoms with Crippen molar-refractivity contribution in [3.8, 4) is 16.9 Å². The van der Waals surface area contributed by atoms with E-state index >= 15 is 0 Å². The zero-order valence-electron chi connectivity index (χ0n) is 12.4. The summed E-state index contributed by atoms with van der Waals surface area (Å²) in [5, 5.41) is 17.3. The monoisotopic (exact) mass is 305 g/mol. The molecule has 3 aromatic rings. The maximum Gasteiger partial charge on any atom is 0.335 e. The van der Waals surface area contributed by atoms with Gasteiger partial charge in [0.05, 0.1) is 23.1 Å². The Kier molecular flexibility index (Phi) is 3.19. The van der Waals surface area contributed by atoms with Gasteiger partial charge in [0.1, 0.15) is 0 Å². The van der Waals surface area contributed by atoms with Gasteiger partial charge in [-0.3, -0.25) is 0 Å². The Labute approximate surface area is 133 Å². The standard InChI is InChI=1S/C18H15N3O2/c22-18(23)15-5-2-6-16(10-15)21-17(11-19-20-21)14-8-7-12-3-1-4-13(12)9-14/h2,5-11H,1,3-4H2,(H,22,23). The molecule has 23 heavy (non-hydrogen) atoms. The third-order valence-electron chi connectivity index (χ3n) is 4.28. The van der Waals surface area contributed by atoms with E-state index in [1.54, 1.807) is 29.1 Å². The highest BCUT2D eigenvalue weighted by Crippen LogP contribution is 2.28. The number of aryl methyl sites for hydroxylation is 2. The van der Waals surface area contributed by atoms with Crippen LogP contribution in [0.1, 0.15) is 27.9 Å². The van der Waals surface area contributed by atoms with Gasteiger partial charge >= 0.3 is 5.97 Å². The molecule has 1 aliphatic rings. The summed E-state index contributed by atoms with van der Waals surface area (Å²) in [7, 11) is 0. The topological polar surface area (TPSA) is 68.0 Å². The smallest absolute Gasteiger partial charge is 0.335 e. The number of benzene rings is 2. The minimum absolute atomic E-state index is 0.234. The Morgan fingerprint density at radius 3 is 2.83 bits per heavy atom. The average molecular weight is 305 g/mol. The van der Waals surface area contributed by atoms with Crippen LogP contribution in [0.2, 0.25) is 0 Å². The van der Waals surface area contributed by atoms with Crippen LogP contribution in [0.3, 0.4) is 0 Å².